The molecule has 2 rings (SSSR count). The van der Waals surface area contributed by atoms with E-state index in [0.717, 1.165) is 0 Å². The highest BCUT2D eigenvalue weighted by Crippen LogP contribution is 2.23. The standard InChI is InChI=1S/C19H21ClN2O2/c1-19(2,3)14-7-9-16(10-8-14)22-17(23)12-21-18(24)13-5-4-6-15(20)11-13/h4-11H,12H2,1-3H3,(H,21,24)(H,22,23). The third kappa shape index (κ3) is 5.10. The van der Waals surface area contributed by atoms with Crippen LogP contribution in [0.3, 0.4) is 0 Å². The van der Waals surface area contributed by atoms with Gasteiger partial charge in [0.2, 0.25) is 5.91 Å². The second-order valence-electron chi connectivity index (χ2n) is 6.57. The third-order valence-corrected chi connectivity index (χ3v) is 3.77. The molecule has 0 atom stereocenters. The average Bonchev–Trinajstić information content (AvgIpc) is 2.52. The maximum absolute atomic E-state index is 12.0. The van der Waals surface area contributed by atoms with Crippen molar-refractivity contribution >= 4 is 29.1 Å². The summed E-state index contributed by atoms with van der Waals surface area (Å²) in [7, 11) is 0. The predicted molar refractivity (Wildman–Crippen MR) is 97.6 cm³/mol. The second kappa shape index (κ2) is 7.49. The predicted octanol–water partition coefficient (Wildman–Crippen LogP) is 4.01. The van der Waals surface area contributed by atoms with E-state index in [1.165, 1.54) is 5.56 Å². The van der Waals surface area contributed by atoms with Crippen LogP contribution in [0.25, 0.3) is 0 Å². The average molecular weight is 345 g/mol. The lowest BCUT2D eigenvalue weighted by atomic mass is 9.87. The number of carbonyl (C=O) groups excluding carboxylic acids is 2. The van der Waals surface area contributed by atoms with E-state index in [4.69, 9.17) is 11.6 Å². The second-order valence-corrected chi connectivity index (χ2v) is 7.00. The van der Waals surface area contributed by atoms with Crippen molar-refractivity contribution in [2.75, 3.05) is 11.9 Å². The van der Waals surface area contributed by atoms with Gasteiger partial charge in [-0.15, -0.1) is 0 Å². The molecule has 0 aliphatic carbocycles. The molecule has 0 fully saturated rings. The quantitative estimate of drug-likeness (QED) is 0.880. The van der Waals surface area contributed by atoms with Crippen molar-refractivity contribution in [1.82, 2.24) is 5.32 Å². The van der Waals surface area contributed by atoms with Crippen molar-refractivity contribution in [1.29, 1.82) is 0 Å². The molecular weight excluding hydrogens is 324 g/mol. The lowest BCUT2D eigenvalue weighted by Crippen LogP contribution is -2.32. The zero-order valence-corrected chi connectivity index (χ0v) is 14.8. The van der Waals surface area contributed by atoms with Gasteiger partial charge in [-0.25, -0.2) is 0 Å². The summed E-state index contributed by atoms with van der Waals surface area (Å²) < 4.78 is 0. The molecule has 2 N–H and O–H groups in total. The van der Waals surface area contributed by atoms with Crippen molar-refractivity contribution in [3.05, 3.63) is 64.7 Å². The molecule has 0 heterocycles. The zero-order valence-electron chi connectivity index (χ0n) is 14.0. The summed E-state index contributed by atoms with van der Waals surface area (Å²) in [5.74, 6) is -0.621. The molecule has 2 amide bonds. The Morgan fingerprint density at radius 2 is 1.71 bits per heavy atom. The minimum absolute atomic E-state index is 0.0630. The molecule has 0 saturated carbocycles. The molecule has 0 aliphatic heterocycles. The molecule has 126 valence electrons. The van der Waals surface area contributed by atoms with Crippen LogP contribution in [-0.2, 0) is 10.2 Å². The number of hydrogen-bond donors (Lipinski definition) is 2. The minimum Gasteiger partial charge on any atom is -0.343 e. The van der Waals surface area contributed by atoms with Crippen LogP contribution >= 0.6 is 11.6 Å². The summed E-state index contributed by atoms with van der Waals surface area (Å²) in [5.41, 5.74) is 2.37. The van der Waals surface area contributed by atoms with Gasteiger partial charge in [-0.1, -0.05) is 50.6 Å². The Morgan fingerprint density at radius 3 is 2.29 bits per heavy atom. The van der Waals surface area contributed by atoms with Gasteiger partial charge in [-0.2, -0.15) is 0 Å². The first-order chi connectivity index (χ1) is 11.3. The molecule has 0 unspecified atom stereocenters. The maximum Gasteiger partial charge on any atom is 0.251 e. The molecule has 0 bridgehead atoms. The topological polar surface area (TPSA) is 58.2 Å². The highest BCUT2D eigenvalue weighted by molar-refractivity contribution is 6.31. The third-order valence-electron chi connectivity index (χ3n) is 3.53. The number of nitrogens with one attached hydrogen (secondary N) is 2. The normalized spacial score (nSPS) is 11.0. The van der Waals surface area contributed by atoms with E-state index in [9.17, 15) is 9.59 Å². The van der Waals surface area contributed by atoms with Gasteiger partial charge < -0.3 is 10.6 Å². The lowest BCUT2D eigenvalue weighted by molar-refractivity contribution is -0.115. The van der Waals surface area contributed by atoms with Gasteiger partial charge in [0.25, 0.3) is 5.91 Å². The molecule has 2 aromatic carbocycles. The minimum atomic E-state index is -0.337. The fraction of sp³-hybridized carbons (Fsp3) is 0.263. The summed E-state index contributed by atoms with van der Waals surface area (Å²) in [5, 5.41) is 5.81. The molecule has 5 heteroatoms. The van der Waals surface area contributed by atoms with E-state index in [2.05, 4.69) is 31.4 Å². The number of benzene rings is 2. The van der Waals surface area contributed by atoms with Crippen LogP contribution in [0, 0.1) is 0 Å². The van der Waals surface area contributed by atoms with E-state index >= 15 is 0 Å². The van der Waals surface area contributed by atoms with E-state index in [-0.39, 0.29) is 23.8 Å². The van der Waals surface area contributed by atoms with Gasteiger partial charge in [-0.3, -0.25) is 9.59 Å². The molecule has 4 nitrogen and oxygen atoms in total. The Hall–Kier alpha value is -2.33. The summed E-state index contributed by atoms with van der Waals surface area (Å²) >= 11 is 5.84. The van der Waals surface area contributed by atoms with Crippen LogP contribution < -0.4 is 10.6 Å². The monoisotopic (exact) mass is 344 g/mol. The first-order valence-electron chi connectivity index (χ1n) is 7.70. The van der Waals surface area contributed by atoms with E-state index in [1.807, 2.05) is 24.3 Å². The van der Waals surface area contributed by atoms with Gasteiger partial charge in [0, 0.05) is 16.3 Å². The molecule has 0 spiro atoms. The zero-order chi connectivity index (χ0) is 17.7. The molecule has 0 aromatic heterocycles. The fourth-order valence-electron chi connectivity index (χ4n) is 2.15. The summed E-state index contributed by atoms with van der Waals surface area (Å²) in [6, 6.07) is 14.3. The highest BCUT2D eigenvalue weighted by Gasteiger charge is 2.13. The van der Waals surface area contributed by atoms with Crippen LogP contribution in [0.4, 0.5) is 5.69 Å². The molecule has 0 saturated heterocycles. The first kappa shape index (κ1) is 18.0. The Labute approximate surface area is 147 Å². The number of carbonyl (C=O) groups is 2. The Balaban J connectivity index is 1.88. The SMILES string of the molecule is CC(C)(C)c1ccc(NC(=O)CNC(=O)c2cccc(Cl)c2)cc1. The van der Waals surface area contributed by atoms with Crippen LogP contribution in [-0.4, -0.2) is 18.4 Å². The smallest absolute Gasteiger partial charge is 0.251 e. The Morgan fingerprint density at radius 1 is 1.04 bits per heavy atom. The van der Waals surface area contributed by atoms with Gasteiger partial charge in [0.05, 0.1) is 6.54 Å². The Kier molecular flexibility index (Phi) is 5.62. The number of rotatable bonds is 4. The van der Waals surface area contributed by atoms with Crippen LogP contribution in [0.1, 0.15) is 36.7 Å². The molecule has 2 aromatic rings. The van der Waals surface area contributed by atoms with Crippen molar-refractivity contribution in [3.8, 4) is 0 Å². The summed E-state index contributed by atoms with van der Waals surface area (Å²) in [6.45, 7) is 6.29. The van der Waals surface area contributed by atoms with E-state index in [0.29, 0.717) is 16.3 Å². The largest absolute Gasteiger partial charge is 0.343 e. The van der Waals surface area contributed by atoms with Gasteiger partial charge >= 0.3 is 0 Å². The number of anilines is 1. The van der Waals surface area contributed by atoms with Crippen molar-refractivity contribution in [2.45, 2.75) is 26.2 Å². The van der Waals surface area contributed by atoms with Crippen molar-refractivity contribution < 1.29 is 9.59 Å². The summed E-state index contributed by atoms with van der Waals surface area (Å²) in [6.07, 6.45) is 0. The van der Waals surface area contributed by atoms with Gasteiger partial charge in [0.1, 0.15) is 0 Å². The molecule has 0 radical (unpaired) electrons. The van der Waals surface area contributed by atoms with Crippen molar-refractivity contribution in [3.63, 3.8) is 0 Å². The van der Waals surface area contributed by atoms with E-state index < -0.39 is 0 Å². The van der Waals surface area contributed by atoms with Crippen LogP contribution in [0.5, 0.6) is 0 Å². The number of hydrogen-bond acceptors (Lipinski definition) is 2. The molecule has 24 heavy (non-hydrogen) atoms. The van der Waals surface area contributed by atoms with Crippen LogP contribution in [0.2, 0.25) is 5.02 Å². The highest BCUT2D eigenvalue weighted by atomic mass is 35.5. The first-order valence-corrected chi connectivity index (χ1v) is 8.08. The molecule has 0 aliphatic rings. The number of halogens is 1. The number of amides is 2. The van der Waals surface area contributed by atoms with Gasteiger partial charge in [0.15, 0.2) is 0 Å². The fourth-order valence-corrected chi connectivity index (χ4v) is 2.34. The van der Waals surface area contributed by atoms with Crippen molar-refractivity contribution in [2.24, 2.45) is 0 Å². The van der Waals surface area contributed by atoms with Crippen LogP contribution in [0.15, 0.2) is 48.5 Å². The molecular formula is C19H21ClN2O2. The summed E-state index contributed by atoms with van der Waals surface area (Å²) in [4.78, 5) is 23.9. The maximum atomic E-state index is 12.0. The Bertz CT molecular complexity index is 734. The lowest BCUT2D eigenvalue weighted by Gasteiger charge is -2.19. The van der Waals surface area contributed by atoms with Gasteiger partial charge in [-0.05, 0) is 41.3 Å². The van der Waals surface area contributed by atoms with E-state index in [1.54, 1.807) is 24.3 Å².